The molecule has 2 amide bonds. The molecule has 10 heteroatoms. The van der Waals surface area contributed by atoms with E-state index in [-0.39, 0.29) is 23.9 Å². The minimum atomic E-state index is -0.545. The number of rotatable bonds is 6. The number of hydrogen-bond donors (Lipinski definition) is 2. The molecule has 2 atom stereocenters. The van der Waals surface area contributed by atoms with Crippen LogP contribution in [0.4, 0.5) is 0 Å². The van der Waals surface area contributed by atoms with Crippen LogP contribution in [0, 0.1) is 11.8 Å². The van der Waals surface area contributed by atoms with Gasteiger partial charge in [-0.15, -0.1) is 0 Å². The molecule has 10 nitrogen and oxygen atoms in total. The van der Waals surface area contributed by atoms with Gasteiger partial charge in [-0.05, 0) is 55.5 Å². The number of para-hydroxylation sites is 1. The molecule has 5 aromatic rings. The molecule has 0 aliphatic carbocycles. The maximum atomic E-state index is 14.2. The van der Waals surface area contributed by atoms with Gasteiger partial charge in [0.25, 0.3) is 11.5 Å². The first-order valence-corrected chi connectivity index (χ1v) is 13.7. The number of ether oxygens (including phenoxy) is 1. The van der Waals surface area contributed by atoms with E-state index in [1.807, 2.05) is 55.5 Å². The van der Waals surface area contributed by atoms with Crippen molar-refractivity contribution in [1.82, 2.24) is 29.8 Å². The van der Waals surface area contributed by atoms with Crippen molar-refractivity contribution >= 4 is 28.2 Å². The summed E-state index contributed by atoms with van der Waals surface area (Å²) in [6.45, 7) is 2.56. The Hall–Kier alpha value is -5.27. The maximum absolute atomic E-state index is 14.2. The smallest absolute Gasteiger partial charge is 0.264 e. The second-order valence-corrected chi connectivity index (χ2v) is 9.98. The lowest BCUT2D eigenvalue weighted by atomic mass is 10.0. The molecule has 2 aromatic carbocycles. The van der Waals surface area contributed by atoms with Gasteiger partial charge < -0.3 is 15.4 Å². The minimum Gasteiger partial charge on any atom is -0.368 e. The summed E-state index contributed by atoms with van der Waals surface area (Å²) >= 11 is 0. The topological polar surface area (TPSA) is 120 Å². The van der Waals surface area contributed by atoms with Crippen molar-refractivity contribution in [2.24, 2.45) is 0 Å². The normalized spacial score (nSPS) is 15.2. The van der Waals surface area contributed by atoms with Crippen molar-refractivity contribution < 1.29 is 14.3 Å². The summed E-state index contributed by atoms with van der Waals surface area (Å²) in [6.07, 6.45) is 5.95. The number of carbonyl (C=O) groups is 2. The van der Waals surface area contributed by atoms with Crippen molar-refractivity contribution in [2.75, 3.05) is 13.2 Å². The molecule has 1 saturated heterocycles. The molecule has 4 heterocycles. The maximum Gasteiger partial charge on any atom is 0.264 e. The molecule has 1 fully saturated rings. The van der Waals surface area contributed by atoms with Gasteiger partial charge in [-0.3, -0.25) is 19.0 Å². The number of aromatic nitrogens is 4. The van der Waals surface area contributed by atoms with Crippen molar-refractivity contribution in [3.05, 3.63) is 106 Å². The summed E-state index contributed by atoms with van der Waals surface area (Å²) in [7, 11) is 0. The molecular formula is C32H28N6O4. The highest BCUT2D eigenvalue weighted by Crippen LogP contribution is 2.24. The molecule has 0 radical (unpaired) electrons. The predicted octanol–water partition coefficient (Wildman–Crippen LogP) is 3.17. The zero-order valence-electron chi connectivity index (χ0n) is 22.9. The molecular weight excluding hydrogens is 532 g/mol. The Morgan fingerprint density at radius 2 is 2.00 bits per heavy atom. The fourth-order valence-corrected chi connectivity index (χ4v) is 5.15. The van der Waals surface area contributed by atoms with Crippen molar-refractivity contribution in [1.29, 1.82) is 0 Å². The van der Waals surface area contributed by atoms with Gasteiger partial charge in [0.1, 0.15) is 11.7 Å². The van der Waals surface area contributed by atoms with Gasteiger partial charge >= 0.3 is 0 Å². The Kier molecular flexibility index (Phi) is 7.49. The molecule has 6 rings (SSSR count). The summed E-state index contributed by atoms with van der Waals surface area (Å²) in [5.41, 5.74) is 2.32. The van der Waals surface area contributed by atoms with Gasteiger partial charge in [0.05, 0.1) is 24.2 Å². The molecule has 42 heavy (non-hydrogen) atoms. The predicted molar refractivity (Wildman–Crippen MR) is 157 cm³/mol. The number of nitrogens with zero attached hydrogens (tertiary/aromatic N) is 4. The second kappa shape index (κ2) is 11.7. The summed E-state index contributed by atoms with van der Waals surface area (Å²) in [4.78, 5) is 44.0. The zero-order chi connectivity index (χ0) is 29.1. The molecule has 2 N–H and O–H groups in total. The number of carbonyl (C=O) groups excluding carboxylic acids is 2. The highest BCUT2D eigenvalue weighted by atomic mass is 16.5. The molecule has 3 aromatic heterocycles. The summed E-state index contributed by atoms with van der Waals surface area (Å²) in [5, 5.41) is 11.1. The first-order valence-electron chi connectivity index (χ1n) is 13.7. The van der Waals surface area contributed by atoms with E-state index in [2.05, 4.69) is 32.6 Å². The lowest BCUT2D eigenvalue weighted by Crippen LogP contribution is -2.34. The second-order valence-electron chi connectivity index (χ2n) is 9.98. The largest absolute Gasteiger partial charge is 0.368 e. The van der Waals surface area contributed by atoms with Crippen LogP contribution in [0.1, 0.15) is 47.4 Å². The Balaban J connectivity index is 1.35. The van der Waals surface area contributed by atoms with E-state index in [4.69, 9.17) is 4.74 Å². The van der Waals surface area contributed by atoms with Gasteiger partial charge in [-0.2, -0.15) is 5.10 Å². The van der Waals surface area contributed by atoms with Gasteiger partial charge in [0.15, 0.2) is 5.65 Å². The average molecular weight is 561 g/mol. The molecule has 0 unspecified atom stereocenters. The van der Waals surface area contributed by atoms with Crippen LogP contribution < -0.4 is 16.2 Å². The lowest BCUT2D eigenvalue weighted by molar-refractivity contribution is -0.129. The highest BCUT2D eigenvalue weighted by molar-refractivity contribution is 5.99. The van der Waals surface area contributed by atoms with Crippen LogP contribution in [0.2, 0.25) is 0 Å². The summed E-state index contributed by atoms with van der Waals surface area (Å²) < 4.78 is 8.55. The van der Waals surface area contributed by atoms with E-state index in [1.54, 1.807) is 29.1 Å². The Bertz CT molecular complexity index is 1910. The summed E-state index contributed by atoms with van der Waals surface area (Å²) in [6, 6.07) is 17.8. The van der Waals surface area contributed by atoms with Crippen molar-refractivity contribution in [2.45, 2.75) is 31.9 Å². The molecule has 1 aliphatic rings. The van der Waals surface area contributed by atoms with Crippen LogP contribution in [-0.2, 0) is 9.53 Å². The van der Waals surface area contributed by atoms with E-state index >= 15 is 0 Å². The van der Waals surface area contributed by atoms with Gasteiger partial charge in [-0.25, -0.2) is 9.50 Å². The standard InChI is InChI=1S/C32H28N6O4/c1-21(36-30(39)25-20-35-37-17-8-16-33-29(25)37)26-19-23-10-5-9-22(11-6-15-34-31(40)27-14-7-18-42-27)28(23)32(41)38(26)24-12-3-2-4-13-24/h2-5,8-10,12-13,16-17,19-21,27H,7,14-15,18H2,1H3,(H,34,40)(H,36,39)/t21-,27-/m0/s1. The fourth-order valence-electron chi connectivity index (χ4n) is 5.15. The summed E-state index contributed by atoms with van der Waals surface area (Å²) in [5.74, 6) is 5.51. The van der Waals surface area contributed by atoms with Crippen LogP contribution in [0.15, 0.2) is 84.0 Å². The van der Waals surface area contributed by atoms with E-state index in [9.17, 15) is 14.4 Å². The number of pyridine rings is 1. The molecule has 0 bridgehead atoms. The van der Waals surface area contributed by atoms with Crippen LogP contribution in [-0.4, -0.2) is 50.2 Å². The first kappa shape index (κ1) is 26.9. The third-order valence-corrected chi connectivity index (χ3v) is 7.20. The molecule has 0 spiro atoms. The monoisotopic (exact) mass is 560 g/mol. The van der Waals surface area contributed by atoms with Crippen LogP contribution in [0.3, 0.4) is 0 Å². The van der Waals surface area contributed by atoms with E-state index < -0.39 is 12.1 Å². The van der Waals surface area contributed by atoms with Crippen LogP contribution >= 0.6 is 0 Å². The lowest BCUT2D eigenvalue weighted by Gasteiger charge is -2.21. The Morgan fingerprint density at radius 1 is 1.14 bits per heavy atom. The van der Waals surface area contributed by atoms with Crippen LogP contribution in [0.5, 0.6) is 0 Å². The minimum absolute atomic E-state index is 0.140. The van der Waals surface area contributed by atoms with Crippen molar-refractivity contribution in [3.8, 4) is 17.5 Å². The highest BCUT2D eigenvalue weighted by Gasteiger charge is 2.23. The quantitative estimate of drug-likeness (QED) is 0.308. The van der Waals surface area contributed by atoms with E-state index in [0.717, 1.165) is 6.42 Å². The fraction of sp³-hybridized carbons (Fsp3) is 0.219. The van der Waals surface area contributed by atoms with Crippen molar-refractivity contribution in [3.63, 3.8) is 0 Å². The Morgan fingerprint density at radius 3 is 2.81 bits per heavy atom. The zero-order valence-corrected chi connectivity index (χ0v) is 22.9. The van der Waals surface area contributed by atoms with Gasteiger partial charge in [-0.1, -0.05) is 42.2 Å². The number of hydrogen-bond acceptors (Lipinski definition) is 6. The first-order chi connectivity index (χ1) is 20.5. The van der Waals surface area contributed by atoms with Gasteiger partial charge in [0.2, 0.25) is 5.91 Å². The molecule has 210 valence electrons. The number of nitrogens with one attached hydrogen (secondary N) is 2. The number of amides is 2. The number of fused-ring (bicyclic) bond motifs is 2. The third kappa shape index (κ3) is 5.25. The number of benzene rings is 2. The third-order valence-electron chi connectivity index (χ3n) is 7.20. The van der Waals surface area contributed by atoms with E-state index in [0.29, 0.717) is 52.0 Å². The average Bonchev–Trinajstić information content (AvgIpc) is 3.70. The SMILES string of the molecule is C[C@H](NC(=O)c1cnn2cccnc12)c1cc2cccc(C#CCNC(=O)[C@@H]3CCCO3)c2c(=O)n1-c1ccccc1. The van der Waals surface area contributed by atoms with E-state index in [1.165, 1.54) is 10.7 Å². The van der Waals surface area contributed by atoms with Gasteiger partial charge in [0, 0.05) is 35.9 Å². The molecule has 0 saturated carbocycles. The molecule has 1 aliphatic heterocycles. The Labute approximate surface area is 241 Å². The van der Waals surface area contributed by atoms with Crippen LogP contribution in [0.25, 0.3) is 22.1 Å².